The second kappa shape index (κ2) is 6.67. The van der Waals surface area contributed by atoms with E-state index in [1.165, 1.54) is 0 Å². The molecule has 0 amide bonds. The molecule has 0 aliphatic heterocycles. The number of nitrogens with one attached hydrogen (secondary N) is 1. The van der Waals surface area contributed by atoms with Gasteiger partial charge < -0.3 is 10.1 Å². The molecule has 4 heteroatoms. The summed E-state index contributed by atoms with van der Waals surface area (Å²) >= 11 is 0. The Morgan fingerprint density at radius 2 is 2.06 bits per heavy atom. The molecule has 17 heavy (non-hydrogen) atoms. The van der Waals surface area contributed by atoms with Crippen LogP contribution in [0.15, 0.2) is 6.07 Å². The molecule has 0 aromatic carbocycles. The van der Waals surface area contributed by atoms with Crippen LogP contribution in [0.4, 0.5) is 0 Å². The molecule has 4 nitrogen and oxygen atoms in total. The molecule has 1 N–H and O–H groups in total. The summed E-state index contributed by atoms with van der Waals surface area (Å²) in [6.45, 7) is 9.69. The van der Waals surface area contributed by atoms with Gasteiger partial charge in [0, 0.05) is 18.8 Å². The Bertz CT molecular complexity index is 353. The van der Waals surface area contributed by atoms with Crippen molar-refractivity contribution in [2.75, 3.05) is 13.7 Å². The molecule has 0 saturated carbocycles. The van der Waals surface area contributed by atoms with Crippen molar-refractivity contribution >= 4 is 0 Å². The first kappa shape index (κ1) is 14.1. The zero-order chi connectivity index (χ0) is 12.8. The van der Waals surface area contributed by atoms with Crippen LogP contribution >= 0.6 is 0 Å². The molecular weight excluding hydrogens is 214 g/mol. The molecule has 0 aliphatic rings. The molecule has 1 rings (SSSR count). The van der Waals surface area contributed by atoms with Crippen LogP contribution in [0.1, 0.15) is 44.1 Å². The zero-order valence-electron chi connectivity index (χ0n) is 11.4. The Kier molecular flexibility index (Phi) is 5.51. The van der Waals surface area contributed by atoms with Crippen molar-refractivity contribution in [1.82, 2.24) is 15.3 Å². The van der Waals surface area contributed by atoms with E-state index >= 15 is 0 Å². The first-order valence-corrected chi connectivity index (χ1v) is 6.19. The number of aryl methyl sites for hydroxylation is 1. The van der Waals surface area contributed by atoms with Crippen molar-refractivity contribution in [3.8, 4) is 0 Å². The number of rotatable bonds is 6. The first-order chi connectivity index (χ1) is 8.08. The third-order valence-electron chi connectivity index (χ3n) is 2.49. The number of aromatic nitrogens is 2. The van der Waals surface area contributed by atoms with Gasteiger partial charge in [0.15, 0.2) is 5.82 Å². The second-order valence-corrected chi connectivity index (χ2v) is 4.51. The van der Waals surface area contributed by atoms with Gasteiger partial charge in [-0.3, -0.25) is 0 Å². The minimum atomic E-state index is -0.0180. The predicted octanol–water partition coefficient (Wildman–Crippen LogP) is 2.24. The Morgan fingerprint density at radius 1 is 1.35 bits per heavy atom. The minimum absolute atomic E-state index is 0.0180. The van der Waals surface area contributed by atoms with E-state index in [0.717, 1.165) is 23.8 Å². The van der Waals surface area contributed by atoms with E-state index in [0.29, 0.717) is 12.5 Å². The van der Waals surface area contributed by atoms with Crippen molar-refractivity contribution < 1.29 is 4.74 Å². The second-order valence-electron chi connectivity index (χ2n) is 4.51. The van der Waals surface area contributed by atoms with E-state index in [2.05, 4.69) is 29.1 Å². The molecule has 96 valence electrons. The molecule has 0 spiro atoms. The summed E-state index contributed by atoms with van der Waals surface area (Å²) in [5.41, 5.74) is 2.01. The Labute approximate surface area is 104 Å². The maximum atomic E-state index is 5.73. The fourth-order valence-corrected chi connectivity index (χ4v) is 1.80. The lowest BCUT2D eigenvalue weighted by molar-refractivity contribution is 0.0229. The van der Waals surface area contributed by atoms with Crippen molar-refractivity contribution in [2.24, 2.45) is 5.92 Å². The predicted molar refractivity (Wildman–Crippen MR) is 68.7 cm³/mol. The van der Waals surface area contributed by atoms with Gasteiger partial charge in [-0.05, 0) is 32.9 Å². The monoisotopic (exact) mass is 237 g/mol. The Hall–Kier alpha value is -1.00. The quantitative estimate of drug-likeness (QED) is 0.824. The highest BCUT2D eigenvalue weighted by atomic mass is 16.5. The molecule has 1 aromatic heterocycles. The number of nitrogens with zero attached hydrogens (tertiary/aromatic N) is 2. The van der Waals surface area contributed by atoms with Crippen molar-refractivity contribution in [3.05, 3.63) is 23.3 Å². The van der Waals surface area contributed by atoms with Gasteiger partial charge in [-0.1, -0.05) is 13.8 Å². The number of hydrogen-bond acceptors (Lipinski definition) is 4. The van der Waals surface area contributed by atoms with Crippen molar-refractivity contribution in [1.29, 1.82) is 0 Å². The van der Waals surface area contributed by atoms with Crippen LogP contribution in [0.3, 0.4) is 0 Å². The van der Waals surface area contributed by atoms with Gasteiger partial charge in [-0.15, -0.1) is 0 Å². The standard InChI is InChI=1S/C13H23N3O/c1-6-17-12(9(2)3)13-15-10(4)7-11(16-13)8-14-5/h7,9,12,14H,6,8H2,1-5H3. The van der Waals surface area contributed by atoms with Crippen LogP contribution in [0.25, 0.3) is 0 Å². The van der Waals surface area contributed by atoms with Gasteiger partial charge in [0.1, 0.15) is 6.10 Å². The van der Waals surface area contributed by atoms with Crippen LogP contribution in [0.2, 0.25) is 0 Å². The lowest BCUT2D eigenvalue weighted by Crippen LogP contribution is -2.17. The molecule has 1 unspecified atom stereocenters. The summed E-state index contributed by atoms with van der Waals surface area (Å²) in [5.74, 6) is 1.17. The van der Waals surface area contributed by atoms with Gasteiger partial charge in [-0.25, -0.2) is 9.97 Å². The third kappa shape index (κ3) is 4.06. The van der Waals surface area contributed by atoms with E-state index in [9.17, 15) is 0 Å². The van der Waals surface area contributed by atoms with Gasteiger partial charge in [-0.2, -0.15) is 0 Å². The normalized spacial score (nSPS) is 13.1. The van der Waals surface area contributed by atoms with Gasteiger partial charge in [0.25, 0.3) is 0 Å². The largest absolute Gasteiger partial charge is 0.370 e. The van der Waals surface area contributed by atoms with Crippen LogP contribution < -0.4 is 5.32 Å². The highest BCUT2D eigenvalue weighted by Crippen LogP contribution is 2.23. The van der Waals surface area contributed by atoms with Gasteiger partial charge in [0.05, 0.1) is 5.69 Å². The summed E-state index contributed by atoms with van der Waals surface area (Å²) in [6.07, 6.45) is -0.0180. The van der Waals surface area contributed by atoms with E-state index < -0.39 is 0 Å². The van der Waals surface area contributed by atoms with Gasteiger partial charge in [0.2, 0.25) is 0 Å². The SMILES string of the molecule is CCOC(c1nc(C)cc(CNC)n1)C(C)C. The molecule has 1 atom stereocenters. The van der Waals surface area contributed by atoms with Crippen LogP contribution in [0.5, 0.6) is 0 Å². The maximum absolute atomic E-state index is 5.73. The molecule has 0 fully saturated rings. The summed E-state index contributed by atoms with van der Waals surface area (Å²) in [4.78, 5) is 9.06. The highest BCUT2D eigenvalue weighted by Gasteiger charge is 2.19. The molecule has 0 bridgehead atoms. The lowest BCUT2D eigenvalue weighted by Gasteiger charge is -2.20. The Morgan fingerprint density at radius 3 is 2.59 bits per heavy atom. The van der Waals surface area contributed by atoms with Gasteiger partial charge >= 0.3 is 0 Å². The highest BCUT2D eigenvalue weighted by molar-refractivity contribution is 5.11. The zero-order valence-corrected chi connectivity index (χ0v) is 11.4. The molecular formula is C13H23N3O. The maximum Gasteiger partial charge on any atom is 0.157 e. The lowest BCUT2D eigenvalue weighted by atomic mass is 10.1. The van der Waals surface area contributed by atoms with E-state index in [1.54, 1.807) is 0 Å². The fourth-order valence-electron chi connectivity index (χ4n) is 1.80. The third-order valence-corrected chi connectivity index (χ3v) is 2.49. The van der Waals surface area contributed by atoms with Crippen LogP contribution in [-0.2, 0) is 11.3 Å². The first-order valence-electron chi connectivity index (χ1n) is 6.19. The van der Waals surface area contributed by atoms with E-state index in [-0.39, 0.29) is 6.10 Å². The summed E-state index contributed by atoms with van der Waals surface area (Å²) in [6, 6.07) is 2.00. The molecule has 1 heterocycles. The average molecular weight is 237 g/mol. The molecule has 0 saturated heterocycles. The Balaban J connectivity index is 3.00. The van der Waals surface area contributed by atoms with E-state index in [4.69, 9.17) is 4.74 Å². The van der Waals surface area contributed by atoms with Crippen LogP contribution in [-0.4, -0.2) is 23.6 Å². The smallest absolute Gasteiger partial charge is 0.157 e. The minimum Gasteiger partial charge on any atom is -0.370 e. The van der Waals surface area contributed by atoms with Crippen molar-refractivity contribution in [3.63, 3.8) is 0 Å². The number of ether oxygens (including phenoxy) is 1. The molecule has 0 radical (unpaired) electrons. The summed E-state index contributed by atoms with van der Waals surface area (Å²) in [7, 11) is 1.92. The van der Waals surface area contributed by atoms with Crippen LogP contribution in [0, 0.1) is 12.8 Å². The number of hydrogen-bond donors (Lipinski definition) is 1. The topological polar surface area (TPSA) is 47.0 Å². The average Bonchev–Trinajstić information content (AvgIpc) is 2.25. The van der Waals surface area contributed by atoms with E-state index in [1.807, 2.05) is 27.0 Å². The summed E-state index contributed by atoms with van der Waals surface area (Å²) in [5, 5.41) is 3.11. The van der Waals surface area contributed by atoms with Crippen molar-refractivity contribution in [2.45, 2.75) is 40.3 Å². The fraction of sp³-hybridized carbons (Fsp3) is 0.692. The summed E-state index contributed by atoms with van der Waals surface area (Å²) < 4.78 is 5.73. The molecule has 0 aliphatic carbocycles. The molecule has 1 aromatic rings.